The predicted molar refractivity (Wildman–Crippen MR) is 207 cm³/mol. The Hall–Kier alpha value is -2.10. The van der Waals surface area contributed by atoms with Gasteiger partial charge in [-0.05, 0) is 43.9 Å². The number of piperazine rings is 2. The third-order valence-corrected chi connectivity index (χ3v) is 11.8. The van der Waals surface area contributed by atoms with Crippen LogP contribution in [0, 0.1) is 0 Å². The van der Waals surface area contributed by atoms with E-state index in [0.29, 0.717) is 53.9 Å². The molecule has 2 aliphatic rings. The van der Waals surface area contributed by atoms with Crippen molar-refractivity contribution in [3.63, 3.8) is 0 Å². The topological polar surface area (TPSA) is 146 Å². The number of aromatic amines is 1. The molecule has 0 bridgehead atoms. The van der Waals surface area contributed by atoms with Gasteiger partial charge >= 0.3 is 0 Å². The average Bonchev–Trinajstić information content (AvgIpc) is 3.00. The molecule has 0 saturated carbocycles. The van der Waals surface area contributed by atoms with Crippen LogP contribution in [0.5, 0.6) is 0 Å². The van der Waals surface area contributed by atoms with Crippen LogP contribution < -0.4 is 20.9 Å². The highest BCUT2D eigenvalue weighted by Crippen LogP contribution is 2.15. The Balaban J connectivity index is 0.000000286. The van der Waals surface area contributed by atoms with Crippen LogP contribution in [0.2, 0.25) is 51.4 Å². The van der Waals surface area contributed by atoms with Gasteiger partial charge < -0.3 is 34.1 Å². The van der Waals surface area contributed by atoms with E-state index in [1.54, 1.807) is 39.9 Å². The summed E-state index contributed by atoms with van der Waals surface area (Å²) in [7, 11) is 1.48. The Labute approximate surface area is 312 Å². The highest BCUT2D eigenvalue weighted by Gasteiger charge is 2.26. The predicted octanol–water partition coefficient (Wildman–Crippen LogP) is 3.94. The van der Waals surface area contributed by atoms with Crippen molar-refractivity contribution in [2.24, 2.45) is 0 Å². The number of halogens is 3. The number of hydrogen-bond acceptors (Lipinski definition) is 10. The molecule has 2 aromatic rings. The summed E-state index contributed by atoms with van der Waals surface area (Å²) in [5, 5.41) is 0. The Morgan fingerprint density at radius 3 is 1.76 bits per heavy atom. The third kappa shape index (κ3) is 15.8. The standard InChI is InChI=1S/C15H25BrN4O3Si.C9H11BrN4O2.C6H15ClOSi/c1-18-5-6-19(10-13(18)21)14-15(22)20(9-12(16)17-14)11-23-7-8-24(2,3)4;1-13-2-3-14(5-7(13)15)8-9(16)11-4-6(10)12-8;1-9(2,3)5-4-8-6-7/h9H,5-8,10-11H2,1-4H3;4H,2-3,5H2,1H3,(H,11,16);4-6H2,1-3H3. The number of amides is 2. The molecule has 4 heterocycles. The molecule has 4 rings (SSSR count). The number of nitrogens with one attached hydrogen (secondary N) is 1. The smallest absolute Gasteiger partial charge is 0.295 e. The second-order valence-electron chi connectivity index (χ2n) is 14.2. The van der Waals surface area contributed by atoms with Gasteiger partial charge in [0, 0.05) is 82.0 Å². The van der Waals surface area contributed by atoms with Gasteiger partial charge in [0.1, 0.15) is 22.0 Å². The lowest BCUT2D eigenvalue weighted by Gasteiger charge is -2.32. The van der Waals surface area contributed by atoms with Gasteiger partial charge in [-0.25, -0.2) is 9.97 Å². The molecule has 0 atom stereocenters. The minimum Gasteiger partial charge on any atom is -0.366 e. The number of carbonyl (C=O) groups excluding carboxylic acids is 2. The number of H-pyrrole nitrogens is 1. The molecule has 0 aromatic carbocycles. The van der Waals surface area contributed by atoms with E-state index >= 15 is 0 Å². The fourth-order valence-electron chi connectivity index (χ4n) is 4.24. The zero-order valence-corrected chi connectivity index (χ0v) is 35.8. The summed E-state index contributed by atoms with van der Waals surface area (Å²) in [6.07, 6.45) is 3.10. The molecule has 276 valence electrons. The van der Waals surface area contributed by atoms with Gasteiger partial charge in [0.15, 0.2) is 11.6 Å². The van der Waals surface area contributed by atoms with Crippen LogP contribution in [-0.4, -0.2) is 130 Å². The summed E-state index contributed by atoms with van der Waals surface area (Å²) < 4.78 is 13.3. The van der Waals surface area contributed by atoms with Crippen molar-refractivity contribution in [3.05, 3.63) is 42.3 Å². The van der Waals surface area contributed by atoms with E-state index in [2.05, 4.69) is 86.1 Å². The molecule has 14 nitrogen and oxygen atoms in total. The number of anilines is 2. The van der Waals surface area contributed by atoms with Crippen LogP contribution in [-0.2, 0) is 25.8 Å². The number of carbonyl (C=O) groups is 2. The second-order valence-corrected chi connectivity index (χ2v) is 27.3. The summed E-state index contributed by atoms with van der Waals surface area (Å²) >= 11 is 11.9. The van der Waals surface area contributed by atoms with Crippen molar-refractivity contribution in [1.29, 1.82) is 0 Å². The molecule has 49 heavy (non-hydrogen) atoms. The maximum absolute atomic E-state index is 12.6. The number of likely N-dealkylation sites (N-methyl/N-ethyl adjacent to an activating group) is 2. The zero-order chi connectivity index (χ0) is 36.9. The molecule has 2 fully saturated rings. The van der Waals surface area contributed by atoms with Crippen LogP contribution in [0.1, 0.15) is 0 Å². The first-order valence-corrected chi connectivity index (χ1v) is 25.6. The van der Waals surface area contributed by atoms with E-state index in [9.17, 15) is 19.2 Å². The molecular formula is C30H51Br2ClN8O6Si2. The first-order chi connectivity index (χ1) is 22.8. The summed E-state index contributed by atoms with van der Waals surface area (Å²) in [6.45, 7) is 18.3. The van der Waals surface area contributed by atoms with E-state index < -0.39 is 16.1 Å². The molecule has 0 unspecified atom stereocenters. The number of hydrogen-bond donors (Lipinski definition) is 1. The van der Waals surface area contributed by atoms with Crippen LogP contribution in [0.3, 0.4) is 0 Å². The zero-order valence-electron chi connectivity index (χ0n) is 29.9. The lowest BCUT2D eigenvalue weighted by molar-refractivity contribution is -0.130. The van der Waals surface area contributed by atoms with Crippen molar-refractivity contribution >= 4 is 83.1 Å². The quantitative estimate of drug-likeness (QED) is 0.200. The van der Waals surface area contributed by atoms with Gasteiger partial charge in [-0.1, -0.05) is 50.9 Å². The minimum atomic E-state index is -1.16. The summed E-state index contributed by atoms with van der Waals surface area (Å²) in [5.74, 6) is 0.559. The fraction of sp³-hybridized carbons (Fsp3) is 0.667. The van der Waals surface area contributed by atoms with Crippen LogP contribution in [0.25, 0.3) is 0 Å². The van der Waals surface area contributed by atoms with Gasteiger partial charge in [0.05, 0.1) is 13.1 Å². The first kappa shape index (κ1) is 43.1. The van der Waals surface area contributed by atoms with E-state index in [4.69, 9.17) is 21.1 Å². The average molecular weight is 871 g/mol. The van der Waals surface area contributed by atoms with Crippen LogP contribution in [0.15, 0.2) is 31.2 Å². The van der Waals surface area contributed by atoms with Crippen molar-refractivity contribution in [2.75, 3.05) is 82.4 Å². The highest BCUT2D eigenvalue weighted by atomic mass is 79.9. The molecule has 19 heteroatoms. The lowest BCUT2D eigenvalue weighted by atomic mass is 10.3. The Kier molecular flexibility index (Phi) is 17.6. The molecular weight excluding hydrogens is 820 g/mol. The Morgan fingerprint density at radius 2 is 1.27 bits per heavy atom. The monoisotopic (exact) mass is 868 g/mol. The number of ether oxygens (including phenoxy) is 2. The molecule has 2 saturated heterocycles. The summed E-state index contributed by atoms with van der Waals surface area (Å²) in [5.41, 5.74) is -0.510. The molecule has 0 radical (unpaired) electrons. The van der Waals surface area contributed by atoms with Gasteiger partial charge in [-0.2, -0.15) is 0 Å². The van der Waals surface area contributed by atoms with Crippen molar-refractivity contribution in [3.8, 4) is 0 Å². The molecule has 2 amide bonds. The van der Waals surface area contributed by atoms with Gasteiger partial charge in [-0.3, -0.25) is 23.7 Å². The molecule has 0 aliphatic carbocycles. The van der Waals surface area contributed by atoms with Crippen LogP contribution >= 0.6 is 43.5 Å². The maximum atomic E-state index is 12.6. The minimum absolute atomic E-state index is 0.00701. The molecule has 2 aliphatic heterocycles. The SMILES string of the molecule is CN1CCN(c2nc(Br)c[nH]c2=O)CC1=O.CN1CCN(c2nc(Br)cn(COCC[Si](C)(C)C)c2=O)CC1=O.C[Si](C)(C)CCOCCl. The van der Waals surface area contributed by atoms with Crippen LogP contribution in [0.4, 0.5) is 11.6 Å². The van der Waals surface area contributed by atoms with Crippen molar-refractivity contribution in [2.45, 2.75) is 58.1 Å². The largest absolute Gasteiger partial charge is 0.366 e. The Bertz CT molecular complexity index is 1500. The second kappa shape index (κ2) is 20.1. The molecule has 1 N–H and O–H groups in total. The molecule has 2 aromatic heterocycles. The lowest BCUT2D eigenvalue weighted by Crippen LogP contribution is -2.50. The van der Waals surface area contributed by atoms with Gasteiger partial charge in [0.25, 0.3) is 11.1 Å². The van der Waals surface area contributed by atoms with E-state index in [1.165, 1.54) is 16.8 Å². The van der Waals surface area contributed by atoms with E-state index in [-0.39, 0.29) is 48.6 Å². The molecule has 0 spiro atoms. The van der Waals surface area contributed by atoms with Crippen molar-refractivity contribution < 1.29 is 19.1 Å². The van der Waals surface area contributed by atoms with Crippen molar-refractivity contribution in [1.82, 2.24) is 29.3 Å². The van der Waals surface area contributed by atoms with E-state index in [1.807, 2.05) is 0 Å². The summed E-state index contributed by atoms with van der Waals surface area (Å²) in [6, 6.07) is 2.60. The maximum Gasteiger partial charge on any atom is 0.295 e. The van der Waals surface area contributed by atoms with Gasteiger partial charge in [0.2, 0.25) is 11.8 Å². The number of rotatable bonds is 11. The number of nitrogens with zero attached hydrogens (tertiary/aromatic N) is 7. The summed E-state index contributed by atoms with van der Waals surface area (Å²) in [4.78, 5) is 65.2. The normalized spacial score (nSPS) is 15.5. The third-order valence-electron chi connectivity index (χ3n) is 7.48. The van der Waals surface area contributed by atoms with E-state index in [0.717, 1.165) is 12.7 Å². The Morgan fingerprint density at radius 1 is 0.776 bits per heavy atom. The number of alkyl halides is 1. The van der Waals surface area contributed by atoms with Gasteiger partial charge in [-0.15, -0.1) is 0 Å². The number of aromatic nitrogens is 4. The fourth-order valence-corrected chi connectivity index (χ4v) is 6.56. The highest BCUT2D eigenvalue weighted by molar-refractivity contribution is 9.10. The first-order valence-electron chi connectivity index (χ1n) is 16.0.